The molecule has 1 saturated carbocycles. The van der Waals surface area contributed by atoms with Crippen molar-refractivity contribution in [2.45, 2.75) is 44.2 Å². The van der Waals surface area contributed by atoms with Gasteiger partial charge in [0.1, 0.15) is 5.82 Å². The quantitative estimate of drug-likeness (QED) is 0.849. The lowest BCUT2D eigenvalue weighted by molar-refractivity contribution is 0.255. The van der Waals surface area contributed by atoms with Crippen LogP contribution in [-0.2, 0) is 0 Å². The van der Waals surface area contributed by atoms with Crippen LogP contribution in [-0.4, -0.2) is 37.6 Å². The predicted molar refractivity (Wildman–Crippen MR) is 77.9 cm³/mol. The zero-order valence-corrected chi connectivity index (χ0v) is 12.2. The van der Waals surface area contributed by atoms with Gasteiger partial charge in [-0.1, -0.05) is 12.1 Å². The Balaban J connectivity index is 1.71. The van der Waals surface area contributed by atoms with Crippen molar-refractivity contribution >= 4 is 0 Å². The van der Waals surface area contributed by atoms with Gasteiger partial charge in [-0.25, -0.2) is 4.39 Å². The van der Waals surface area contributed by atoms with Gasteiger partial charge in [0.2, 0.25) is 0 Å². The Hall–Kier alpha value is -0.930. The minimum Gasteiger partial charge on any atom is -0.311 e. The molecule has 0 spiro atoms. The summed E-state index contributed by atoms with van der Waals surface area (Å²) in [5.41, 5.74) is 1.15. The molecule has 1 unspecified atom stereocenters. The van der Waals surface area contributed by atoms with E-state index in [1.54, 1.807) is 6.07 Å². The molecule has 0 saturated heterocycles. The Bertz CT molecular complexity index is 399. The molecule has 1 N–H and O–H groups in total. The molecule has 0 amide bonds. The lowest BCUT2D eigenvalue weighted by Crippen LogP contribution is -2.45. The van der Waals surface area contributed by atoms with Crippen LogP contribution in [0, 0.1) is 5.82 Å². The highest BCUT2D eigenvalue weighted by Gasteiger charge is 2.30. The Morgan fingerprint density at radius 3 is 2.74 bits per heavy atom. The number of benzene rings is 1. The first kappa shape index (κ1) is 14.5. The van der Waals surface area contributed by atoms with Crippen LogP contribution in [0.15, 0.2) is 24.3 Å². The number of nitrogens with one attached hydrogen (secondary N) is 1. The number of hydrogen-bond donors (Lipinski definition) is 1. The predicted octanol–water partition coefficient (Wildman–Crippen LogP) is 3.00. The molecule has 106 valence electrons. The van der Waals surface area contributed by atoms with Crippen molar-refractivity contribution in [2.24, 2.45) is 0 Å². The first-order chi connectivity index (χ1) is 9.04. The smallest absolute Gasteiger partial charge is 0.123 e. The van der Waals surface area contributed by atoms with Crippen LogP contribution in [0.5, 0.6) is 0 Å². The van der Waals surface area contributed by atoms with E-state index >= 15 is 0 Å². The Morgan fingerprint density at radius 1 is 1.37 bits per heavy atom. The second-order valence-corrected chi connectivity index (χ2v) is 6.08. The fourth-order valence-corrected chi connectivity index (χ4v) is 2.72. The molecule has 1 aromatic rings. The van der Waals surface area contributed by atoms with Crippen LogP contribution < -0.4 is 5.32 Å². The minimum absolute atomic E-state index is 0.117. The largest absolute Gasteiger partial charge is 0.311 e. The second kappa shape index (κ2) is 6.49. The maximum Gasteiger partial charge on any atom is 0.123 e. The van der Waals surface area contributed by atoms with Crippen molar-refractivity contribution in [3.8, 4) is 0 Å². The molecular formula is C16H25FN2. The summed E-state index contributed by atoms with van der Waals surface area (Å²) in [6.07, 6.45) is 3.44. The molecule has 0 aromatic heterocycles. The maximum atomic E-state index is 13.2. The topological polar surface area (TPSA) is 15.3 Å². The summed E-state index contributed by atoms with van der Waals surface area (Å²) >= 11 is 0. The number of halogens is 1. The van der Waals surface area contributed by atoms with Gasteiger partial charge in [0.25, 0.3) is 0 Å². The fourth-order valence-electron chi connectivity index (χ4n) is 2.72. The first-order valence-corrected chi connectivity index (χ1v) is 7.21. The normalized spacial score (nSPS) is 24.3. The van der Waals surface area contributed by atoms with E-state index in [4.69, 9.17) is 0 Å². The molecule has 1 fully saturated rings. The molecule has 19 heavy (non-hydrogen) atoms. The summed E-state index contributed by atoms with van der Waals surface area (Å²) in [5.74, 6) is 0.419. The molecule has 0 aliphatic heterocycles. The number of hydrogen-bond acceptors (Lipinski definition) is 2. The third kappa shape index (κ3) is 4.29. The van der Waals surface area contributed by atoms with E-state index in [2.05, 4.69) is 31.2 Å². The molecule has 2 rings (SSSR count). The molecule has 3 heteroatoms. The minimum atomic E-state index is -0.117. The summed E-state index contributed by atoms with van der Waals surface area (Å²) < 4.78 is 13.2. The van der Waals surface area contributed by atoms with Crippen LogP contribution in [0.2, 0.25) is 0 Å². The SMILES string of the molecule is CC(CCN(C)C)NC1CC(c2cccc(F)c2)C1. The molecule has 2 nitrogen and oxygen atoms in total. The van der Waals surface area contributed by atoms with Gasteiger partial charge in [0, 0.05) is 12.1 Å². The Kier molecular flexibility index (Phi) is 4.94. The highest BCUT2D eigenvalue weighted by Crippen LogP contribution is 2.37. The third-order valence-electron chi connectivity index (χ3n) is 3.99. The van der Waals surface area contributed by atoms with Crippen molar-refractivity contribution in [3.63, 3.8) is 0 Å². The number of rotatable bonds is 6. The Labute approximate surface area is 116 Å². The van der Waals surface area contributed by atoms with Crippen molar-refractivity contribution in [1.29, 1.82) is 0 Å². The first-order valence-electron chi connectivity index (χ1n) is 7.21. The van der Waals surface area contributed by atoms with Gasteiger partial charge in [-0.05, 0) is 70.4 Å². The van der Waals surface area contributed by atoms with Crippen LogP contribution in [0.25, 0.3) is 0 Å². The van der Waals surface area contributed by atoms with Crippen molar-refractivity contribution in [3.05, 3.63) is 35.6 Å². The maximum absolute atomic E-state index is 13.2. The molecular weight excluding hydrogens is 239 g/mol. The van der Waals surface area contributed by atoms with Gasteiger partial charge in [-0.3, -0.25) is 0 Å². The van der Waals surface area contributed by atoms with Gasteiger partial charge < -0.3 is 10.2 Å². The van der Waals surface area contributed by atoms with Crippen LogP contribution in [0.3, 0.4) is 0 Å². The van der Waals surface area contributed by atoms with Gasteiger partial charge >= 0.3 is 0 Å². The lowest BCUT2D eigenvalue weighted by atomic mass is 9.75. The standard InChI is InChI=1S/C16H25FN2/c1-12(7-8-19(2)3)18-16-10-14(11-16)13-5-4-6-15(17)9-13/h4-6,9,12,14,16,18H,7-8,10-11H2,1-3H3. The van der Waals surface area contributed by atoms with E-state index in [1.165, 1.54) is 12.5 Å². The van der Waals surface area contributed by atoms with Crippen molar-refractivity contribution < 1.29 is 4.39 Å². The summed E-state index contributed by atoms with van der Waals surface area (Å²) in [7, 11) is 4.21. The fraction of sp³-hybridized carbons (Fsp3) is 0.625. The monoisotopic (exact) mass is 264 g/mol. The average Bonchev–Trinajstić information content (AvgIpc) is 2.30. The highest BCUT2D eigenvalue weighted by atomic mass is 19.1. The molecule has 1 aromatic carbocycles. The summed E-state index contributed by atoms with van der Waals surface area (Å²) in [5, 5.41) is 3.67. The molecule has 0 bridgehead atoms. The van der Waals surface area contributed by atoms with E-state index in [9.17, 15) is 4.39 Å². The summed E-state index contributed by atoms with van der Waals surface area (Å²) in [6.45, 7) is 3.37. The second-order valence-electron chi connectivity index (χ2n) is 6.08. The average molecular weight is 264 g/mol. The lowest BCUT2D eigenvalue weighted by Gasteiger charge is -2.38. The van der Waals surface area contributed by atoms with Gasteiger partial charge in [0.05, 0.1) is 0 Å². The van der Waals surface area contributed by atoms with Crippen molar-refractivity contribution in [1.82, 2.24) is 10.2 Å². The Morgan fingerprint density at radius 2 is 2.11 bits per heavy atom. The third-order valence-corrected chi connectivity index (χ3v) is 3.99. The van der Waals surface area contributed by atoms with E-state index in [1.807, 2.05) is 12.1 Å². The highest BCUT2D eigenvalue weighted by molar-refractivity contribution is 5.23. The van der Waals surface area contributed by atoms with E-state index < -0.39 is 0 Å². The summed E-state index contributed by atoms with van der Waals surface area (Å²) in [6, 6.07) is 8.20. The van der Waals surface area contributed by atoms with E-state index in [0.29, 0.717) is 18.0 Å². The molecule has 1 aliphatic rings. The van der Waals surface area contributed by atoms with Gasteiger partial charge in [-0.15, -0.1) is 0 Å². The molecule has 0 heterocycles. The van der Waals surface area contributed by atoms with Crippen LogP contribution in [0.1, 0.15) is 37.7 Å². The molecule has 0 radical (unpaired) electrons. The van der Waals surface area contributed by atoms with E-state index in [-0.39, 0.29) is 5.82 Å². The van der Waals surface area contributed by atoms with Crippen molar-refractivity contribution in [2.75, 3.05) is 20.6 Å². The van der Waals surface area contributed by atoms with Crippen LogP contribution in [0.4, 0.5) is 4.39 Å². The summed E-state index contributed by atoms with van der Waals surface area (Å²) in [4.78, 5) is 2.22. The molecule has 1 atom stereocenters. The zero-order chi connectivity index (χ0) is 13.8. The van der Waals surface area contributed by atoms with Crippen LogP contribution >= 0.6 is 0 Å². The van der Waals surface area contributed by atoms with E-state index in [0.717, 1.165) is 24.9 Å². The van der Waals surface area contributed by atoms with Gasteiger partial charge in [0.15, 0.2) is 0 Å². The molecule has 1 aliphatic carbocycles. The zero-order valence-electron chi connectivity index (χ0n) is 12.2. The number of nitrogens with zero attached hydrogens (tertiary/aromatic N) is 1. The van der Waals surface area contributed by atoms with Gasteiger partial charge in [-0.2, -0.15) is 0 Å².